The van der Waals surface area contributed by atoms with Crippen LogP contribution >= 0.6 is 0 Å². The summed E-state index contributed by atoms with van der Waals surface area (Å²) in [6.07, 6.45) is 5.78. The Labute approximate surface area is 110 Å². The second-order valence-corrected chi connectivity index (χ2v) is 6.09. The van der Waals surface area contributed by atoms with Crippen LogP contribution in [0.4, 0.5) is 4.79 Å². The molecule has 2 saturated heterocycles. The zero-order chi connectivity index (χ0) is 13.1. The fourth-order valence-electron chi connectivity index (χ4n) is 3.29. The highest BCUT2D eigenvalue weighted by molar-refractivity contribution is 5.75. The molecule has 3 unspecified atom stereocenters. The van der Waals surface area contributed by atoms with E-state index < -0.39 is 0 Å². The van der Waals surface area contributed by atoms with Gasteiger partial charge in [0, 0.05) is 31.7 Å². The Balaban J connectivity index is 2.01. The predicted molar refractivity (Wildman–Crippen MR) is 73.4 cm³/mol. The van der Waals surface area contributed by atoms with Gasteiger partial charge < -0.3 is 15.5 Å². The molecule has 0 radical (unpaired) electrons. The molecule has 2 amide bonds. The smallest absolute Gasteiger partial charge is 0.320 e. The minimum atomic E-state index is 0.0801. The summed E-state index contributed by atoms with van der Waals surface area (Å²) in [5.41, 5.74) is 6.04. The van der Waals surface area contributed by atoms with Gasteiger partial charge in [0.15, 0.2) is 0 Å². The number of nitrogens with two attached hydrogens (primary N) is 1. The maximum absolute atomic E-state index is 12.6. The summed E-state index contributed by atoms with van der Waals surface area (Å²) in [5.74, 6) is 0.640. The quantitative estimate of drug-likeness (QED) is 0.777. The van der Waals surface area contributed by atoms with Crippen molar-refractivity contribution in [2.75, 3.05) is 19.6 Å². The van der Waals surface area contributed by atoms with Crippen molar-refractivity contribution >= 4 is 6.03 Å². The standard InChI is InChI=1S/C14H27N3O/c1-11-6-5-8-16(10-11)14(18)17-9-4-3-7-13(17)12(2)15/h11-13H,3-10,15H2,1-2H3. The normalized spacial score (nSPS) is 31.3. The highest BCUT2D eigenvalue weighted by Gasteiger charge is 2.33. The maximum atomic E-state index is 12.6. The van der Waals surface area contributed by atoms with Crippen LogP contribution in [0.2, 0.25) is 0 Å². The largest absolute Gasteiger partial charge is 0.326 e. The van der Waals surface area contributed by atoms with E-state index in [1.807, 2.05) is 16.7 Å². The Morgan fingerprint density at radius 1 is 1.22 bits per heavy atom. The lowest BCUT2D eigenvalue weighted by Gasteiger charge is -2.42. The van der Waals surface area contributed by atoms with E-state index in [0.717, 1.165) is 38.9 Å². The molecule has 3 atom stereocenters. The molecule has 0 aromatic heterocycles. The first-order chi connectivity index (χ1) is 8.59. The van der Waals surface area contributed by atoms with Gasteiger partial charge in [-0.25, -0.2) is 4.79 Å². The molecule has 4 heteroatoms. The monoisotopic (exact) mass is 253 g/mol. The van der Waals surface area contributed by atoms with E-state index in [2.05, 4.69) is 6.92 Å². The van der Waals surface area contributed by atoms with E-state index in [0.29, 0.717) is 5.92 Å². The zero-order valence-corrected chi connectivity index (χ0v) is 11.8. The second kappa shape index (κ2) is 5.91. The van der Waals surface area contributed by atoms with Crippen LogP contribution in [0.1, 0.15) is 46.0 Å². The van der Waals surface area contributed by atoms with Gasteiger partial charge in [0.1, 0.15) is 0 Å². The summed E-state index contributed by atoms with van der Waals surface area (Å²) < 4.78 is 0. The summed E-state index contributed by atoms with van der Waals surface area (Å²) in [7, 11) is 0. The molecule has 0 spiro atoms. The lowest BCUT2D eigenvalue weighted by molar-refractivity contribution is 0.0937. The van der Waals surface area contributed by atoms with Crippen molar-refractivity contribution < 1.29 is 4.79 Å². The zero-order valence-electron chi connectivity index (χ0n) is 11.8. The van der Waals surface area contributed by atoms with Gasteiger partial charge in [-0.3, -0.25) is 0 Å². The molecule has 2 heterocycles. The third-order valence-electron chi connectivity index (χ3n) is 4.33. The van der Waals surface area contributed by atoms with E-state index in [1.54, 1.807) is 0 Å². The van der Waals surface area contributed by atoms with Crippen LogP contribution in [-0.4, -0.2) is 47.5 Å². The molecule has 0 bridgehead atoms. The van der Waals surface area contributed by atoms with Gasteiger partial charge in [0.25, 0.3) is 0 Å². The highest BCUT2D eigenvalue weighted by Crippen LogP contribution is 2.23. The van der Waals surface area contributed by atoms with Crippen LogP contribution in [0.5, 0.6) is 0 Å². The van der Waals surface area contributed by atoms with Crippen molar-refractivity contribution in [2.45, 2.75) is 58.0 Å². The minimum Gasteiger partial charge on any atom is -0.326 e. The van der Waals surface area contributed by atoms with E-state index in [1.165, 1.54) is 12.8 Å². The summed E-state index contributed by atoms with van der Waals surface area (Å²) in [5, 5.41) is 0. The Morgan fingerprint density at radius 2 is 2.00 bits per heavy atom. The summed E-state index contributed by atoms with van der Waals surface area (Å²) in [6.45, 7) is 6.98. The van der Waals surface area contributed by atoms with Crippen LogP contribution in [-0.2, 0) is 0 Å². The maximum Gasteiger partial charge on any atom is 0.320 e. The molecule has 104 valence electrons. The number of amides is 2. The van der Waals surface area contributed by atoms with Crippen molar-refractivity contribution in [3.05, 3.63) is 0 Å². The van der Waals surface area contributed by atoms with Gasteiger partial charge in [0.05, 0.1) is 0 Å². The van der Waals surface area contributed by atoms with Crippen LogP contribution in [0.3, 0.4) is 0 Å². The molecular formula is C14H27N3O. The number of likely N-dealkylation sites (tertiary alicyclic amines) is 2. The van der Waals surface area contributed by atoms with Crippen LogP contribution < -0.4 is 5.73 Å². The number of hydrogen-bond donors (Lipinski definition) is 1. The second-order valence-electron chi connectivity index (χ2n) is 6.09. The van der Waals surface area contributed by atoms with E-state index in [9.17, 15) is 4.79 Å². The van der Waals surface area contributed by atoms with Crippen LogP contribution in [0.15, 0.2) is 0 Å². The molecule has 2 fully saturated rings. The Hall–Kier alpha value is -0.770. The van der Waals surface area contributed by atoms with Gasteiger partial charge in [0.2, 0.25) is 0 Å². The van der Waals surface area contributed by atoms with E-state index in [-0.39, 0.29) is 18.1 Å². The molecule has 0 aromatic rings. The topological polar surface area (TPSA) is 49.6 Å². The van der Waals surface area contributed by atoms with E-state index >= 15 is 0 Å². The summed E-state index contributed by atoms with van der Waals surface area (Å²) in [4.78, 5) is 16.7. The van der Waals surface area contributed by atoms with Gasteiger partial charge in [-0.05, 0) is 44.9 Å². The van der Waals surface area contributed by atoms with Crippen molar-refractivity contribution in [1.29, 1.82) is 0 Å². The third kappa shape index (κ3) is 2.97. The fourth-order valence-corrected chi connectivity index (χ4v) is 3.29. The lowest BCUT2D eigenvalue weighted by Crippen LogP contribution is -2.56. The number of piperidine rings is 2. The Bertz CT molecular complexity index is 293. The van der Waals surface area contributed by atoms with Crippen LogP contribution in [0.25, 0.3) is 0 Å². The molecule has 0 aromatic carbocycles. The molecule has 2 aliphatic heterocycles. The Morgan fingerprint density at radius 3 is 2.67 bits per heavy atom. The molecule has 0 aliphatic carbocycles. The number of hydrogen-bond acceptors (Lipinski definition) is 2. The van der Waals surface area contributed by atoms with E-state index in [4.69, 9.17) is 5.73 Å². The van der Waals surface area contributed by atoms with Gasteiger partial charge in [-0.2, -0.15) is 0 Å². The Kier molecular flexibility index (Phi) is 4.49. The average Bonchev–Trinajstić information content (AvgIpc) is 2.38. The molecule has 2 rings (SSSR count). The SMILES string of the molecule is CC1CCCN(C(=O)N2CCCCC2C(C)N)C1. The number of carbonyl (C=O) groups excluding carboxylic acids is 1. The van der Waals surface area contributed by atoms with Crippen LogP contribution in [0, 0.1) is 5.92 Å². The van der Waals surface area contributed by atoms with Crippen molar-refractivity contribution in [1.82, 2.24) is 9.80 Å². The number of rotatable bonds is 1. The predicted octanol–water partition coefficient (Wildman–Crippen LogP) is 2.04. The van der Waals surface area contributed by atoms with Gasteiger partial charge >= 0.3 is 6.03 Å². The molecule has 18 heavy (non-hydrogen) atoms. The first kappa shape index (κ1) is 13.7. The summed E-state index contributed by atoms with van der Waals surface area (Å²) in [6, 6.07) is 0.545. The van der Waals surface area contributed by atoms with Crippen molar-refractivity contribution in [3.8, 4) is 0 Å². The molecule has 4 nitrogen and oxygen atoms in total. The number of urea groups is 1. The minimum absolute atomic E-state index is 0.0801. The number of carbonyl (C=O) groups is 1. The average molecular weight is 253 g/mol. The highest BCUT2D eigenvalue weighted by atomic mass is 16.2. The fraction of sp³-hybridized carbons (Fsp3) is 0.929. The van der Waals surface area contributed by atoms with Gasteiger partial charge in [-0.15, -0.1) is 0 Å². The molecule has 0 saturated carbocycles. The summed E-state index contributed by atoms with van der Waals surface area (Å²) >= 11 is 0. The molecule has 2 aliphatic rings. The third-order valence-corrected chi connectivity index (χ3v) is 4.33. The number of nitrogens with zero attached hydrogens (tertiary/aromatic N) is 2. The first-order valence-electron chi connectivity index (χ1n) is 7.40. The van der Waals surface area contributed by atoms with Crippen molar-refractivity contribution in [2.24, 2.45) is 11.7 Å². The molecular weight excluding hydrogens is 226 g/mol. The molecule has 2 N–H and O–H groups in total. The van der Waals surface area contributed by atoms with Gasteiger partial charge in [-0.1, -0.05) is 6.92 Å². The first-order valence-corrected chi connectivity index (χ1v) is 7.40. The van der Waals surface area contributed by atoms with Crippen molar-refractivity contribution in [3.63, 3.8) is 0 Å². The lowest BCUT2D eigenvalue weighted by atomic mass is 9.96.